The maximum atomic E-state index is 11.0. The van der Waals surface area contributed by atoms with Crippen molar-refractivity contribution in [3.8, 4) is 5.88 Å². The summed E-state index contributed by atoms with van der Waals surface area (Å²) in [7, 11) is 0. The predicted octanol–water partition coefficient (Wildman–Crippen LogP) is 3.73. The first-order valence-electron chi connectivity index (χ1n) is 10.1. The lowest BCUT2D eigenvalue weighted by Gasteiger charge is -2.36. The van der Waals surface area contributed by atoms with Gasteiger partial charge in [-0.2, -0.15) is 4.52 Å². The first-order valence-corrected chi connectivity index (χ1v) is 10.9. The number of fused-ring (bicyclic) bond motifs is 1. The van der Waals surface area contributed by atoms with E-state index in [2.05, 4.69) is 53.1 Å². The highest BCUT2D eigenvalue weighted by Crippen LogP contribution is 2.41. The molecule has 2 aromatic heterocycles. The molecule has 4 rings (SSSR count). The van der Waals surface area contributed by atoms with Crippen molar-refractivity contribution in [2.24, 2.45) is 0 Å². The van der Waals surface area contributed by atoms with Crippen LogP contribution in [-0.2, 0) is 6.42 Å². The van der Waals surface area contributed by atoms with E-state index in [4.69, 9.17) is 0 Å². The lowest BCUT2D eigenvalue weighted by atomic mass is 9.96. The van der Waals surface area contributed by atoms with Crippen LogP contribution in [0, 0.1) is 0 Å². The first-order chi connectivity index (χ1) is 13.5. The van der Waals surface area contributed by atoms with Crippen molar-refractivity contribution in [3.63, 3.8) is 0 Å². The Labute approximate surface area is 169 Å². The number of aromatic hydroxyl groups is 1. The fraction of sp³-hybridized carbons (Fsp3) is 0.524. The van der Waals surface area contributed by atoms with Crippen LogP contribution in [0.1, 0.15) is 67.4 Å². The topological polar surface area (TPSA) is 73.9 Å². The number of benzene rings is 1. The summed E-state index contributed by atoms with van der Waals surface area (Å²) in [5, 5.41) is 25.3. The van der Waals surface area contributed by atoms with Crippen molar-refractivity contribution in [1.82, 2.24) is 19.5 Å². The van der Waals surface area contributed by atoms with Crippen LogP contribution in [0.5, 0.6) is 5.88 Å². The molecule has 0 amide bonds. The average Bonchev–Trinajstić information content (AvgIpc) is 3.23. The molecular weight excluding hydrogens is 372 g/mol. The van der Waals surface area contributed by atoms with Crippen molar-refractivity contribution in [1.29, 1.82) is 0 Å². The fourth-order valence-electron chi connectivity index (χ4n) is 3.85. The second kappa shape index (κ2) is 7.81. The van der Waals surface area contributed by atoms with Crippen molar-refractivity contribution in [2.75, 3.05) is 13.1 Å². The molecule has 1 aliphatic rings. The lowest BCUT2D eigenvalue weighted by Crippen LogP contribution is -2.38. The molecule has 3 heterocycles. The highest BCUT2D eigenvalue weighted by atomic mass is 32.1. The van der Waals surface area contributed by atoms with E-state index in [1.165, 1.54) is 16.9 Å². The minimum atomic E-state index is -0.233. The average molecular weight is 401 g/mol. The van der Waals surface area contributed by atoms with Crippen LogP contribution >= 0.6 is 11.3 Å². The van der Waals surface area contributed by atoms with Gasteiger partial charge in [0.15, 0.2) is 5.82 Å². The number of nitrogens with zero attached hydrogens (tertiary/aromatic N) is 4. The number of piperidine rings is 1. The summed E-state index contributed by atoms with van der Waals surface area (Å²) < 4.78 is 1.56. The minimum Gasteiger partial charge on any atom is -0.492 e. The zero-order valence-corrected chi connectivity index (χ0v) is 17.5. The second-order valence-corrected chi connectivity index (χ2v) is 8.87. The van der Waals surface area contributed by atoms with Crippen molar-refractivity contribution < 1.29 is 10.2 Å². The van der Waals surface area contributed by atoms with Crippen LogP contribution in [0.4, 0.5) is 0 Å². The number of thiazole rings is 1. The molecular formula is C21H28N4O2S. The van der Waals surface area contributed by atoms with E-state index in [0.29, 0.717) is 5.92 Å². The van der Waals surface area contributed by atoms with Gasteiger partial charge < -0.3 is 10.2 Å². The molecule has 2 N–H and O–H groups in total. The molecule has 7 heteroatoms. The van der Waals surface area contributed by atoms with Gasteiger partial charge in [0.25, 0.3) is 0 Å². The molecule has 0 bridgehead atoms. The van der Waals surface area contributed by atoms with Crippen LogP contribution in [0.15, 0.2) is 24.3 Å². The summed E-state index contributed by atoms with van der Waals surface area (Å²) in [6.07, 6.45) is 2.01. The Morgan fingerprint density at radius 2 is 1.79 bits per heavy atom. The highest BCUT2D eigenvalue weighted by molar-refractivity contribution is 7.17. The van der Waals surface area contributed by atoms with E-state index in [1.807, 2.05) is 6.92 Å². The van der Waals surface area contributed by atoms with Gasteiger partial charge in [-0.25, -0.2) is 4.98 Å². The van der Waals surface area contributed by atoms with Crippen molar-refractivity contribution in [3.05, 3.63) is 46.1 Å². The summed E-state index contributed by atoms with van der Waals surface area (Å²) in [4.78, 5) is 8.48. The van der Waals surface area contributed by atoms with E-state index in [9.17, 15) is 10.2 Å². The Morgan fingerprint density at radius 1 is 1.14 bits per heavy atom. The SMILES string of the molecule is CCc1nc2sc([C@@H](c3ccc(C(C)C)cc3)N3CCC(O)CC3)c(O)n2n1. The van der Waals surface area contributed by atoms with Gasteiger partial charge in [-0.3, -0.25) is 4.90 Å². The van der Waals surface area contributed by atoms with Gasteiger partial charge in [-0.15, -0.1) is 5.10 Å². The van der Waals surface area contributed by atoms with Gasteiger partial charge >= 0.3 is 0 Å². The molecule has 1 aromatic carbocycles. The molecule has 6 nitrogen and oxygen atoms in total. The molecule has 0 saturated carbocycles. The third kappa shape index (κ3) is 3.54. The standard InChI is InChI=1S/C21H28N4O2S/c1-4-17-22-21-25(23-17)20(27)19(28-21)18(24-11-9-16(26)10-12-24)15-7-5-14(6-8-15)13(2)3/h5-8,13,16,18,26-27H,4,9-12H2,1-3H3/t18-/m1/s1. The molecule has 1 aliphatic heterocycles. The van der Waals surface area contributed by atoms with E-state index < -0.39 is 0 Å². The predicted molar refractivity (Wildman–Crippen MR) is 111 cm³/mol. The molecule has 3 aromatic rings. The lowest BCUT2D eigenvalue weighted by molar-refractivity contribution is 0.0689. The third-order valence-electron chi connectivity index (χ3n) is 5.59. The highest BCUT2D eigenvalue weighted by Gasteiger charge is 2.31. The third-order valence-corrected chi connectivity index (χ3v) is 6.66. The molecule has 1 atom stereocenters. The van der Waals surface area contributed by atoms with Gasteiger partial charge in [0, 0.05) is 19.5 Å². The number of likely N-dealkylation sites (tertiary alicyclic amines) is 1. The smallest absolute Gasteiger partial charge is 0.230 e. The van der Waals surface area contributed by atoms with Gasteiger partial charge in [0.05, 0.1) is 17.0 Å². The molecule has 1 fully saturated rings. The maximum Gasteiger partial charge on any atom is 0.230 e. The van der Waals surface area contributed by atoms with Gasteiger partial charge in [-0.1, -0.05) is 56.4 Å². The molecule has 150 valence electrons. The Kier molecular flexibility index (Phi) is 5.40. The van der Waals surface area contributed by atoms with Crippen LogP contribution in [0.3, 0.4) is 0 Å². The van der Waals surface area contributed by atoms with Crippen LogP contribution < -0.4 is 0 Å². The number of rotatable bonds is 5. The maximum absolute atomic E-state index is 11.0. The zero-order valence-electron chi connectivity index (χ0n) is 16.7. The molecule has 1 saturated heterocycles. The van der Waals surface area contributed by atoms with Gasteiger partial charge in [0.2, 0.25) is 10.8 Å². The van der Waals surface area contributed by atoms with E-state index in [-0.39, 0.29) is 18.0 Å². The van der Waals surface area contributed by atoms with Gasteiger partial charge in [0.1, 0.15) is 0 Å². The Bertz CT molecular complexity index is 939. The van der Waals surface area contributed by atoms with E-state index >= 15 is 0 Å². The van der Waals surface area contributed by atoms with Crippen molar-refractivity contribution >= 4 is 16.3 Å². The van der Waals surface area contributed by atoms with Crippen LogP contribution in [-0.4, -0.2) is 48.9 Å². The van der Waals surface area contributed by atoms with Gasteiger partial charge in [-0.05, 0) is 29.9 Å². The zero-order chi connectivity index (χ0) is 19.8. The Morgan fingerprint density at radius 3 is 2.36 bits per heavy atom. The molecule has 0 radical (unpaired) electrons. The van der Waals surface area contributed by atoms with Crippen molar-refractivity contribution in [2.45, 2.75) is 58.1 Å². The summed E-state index contributed by atoms with van der Waals surface area (Å²) in [5.74, 6) is 1.40. The Hall–Kier alpha value is -1.96. The number of aryl methyl sites for hydroxylation is 1. The number of hydrogen-bond donors (Lipinski definition) is 2. The van der Waals surface area contributed by atoms with Crippen LogP contribution in [0.2, 0.25) is 0 Å². The fourth-order valence-corrected chi connectivity index (χ4v) is 4.99. The van der Waals surface area contributed by atoms with E-state index in [1.54, 1.807) is 4.52 Å². The monoisotopic (exact) mass is 400 g/mol. The summed E-state index contributed by atoms with van der Waals surface area (Å²) in [6, 6.07) is 8.62. The first kappa shape index (κ1) is 19.4. The molecule has 28 heavy (non-hydrogen) atoms. The normalized spacial score (nSPS) is 17.6. The van der Waals surface area contributed by atoms with E-state index in [0.717, 1.165) is 53.6 Å². The molecule has 0 spiro atoms. The summed E-state index contributed by atoms with van der Waals surface area (Å²) in [5.41, 5.74) is 2.45. The molecule has 0 aliphatic carbocycles. The quantitative estimate of drug-likeness (QED) is 0.683. The number of aromatic nitrogens is 3. The summed E-state index contributed by atoms with van der Waals surface area (Å²) >= 11 is 1.50. The number of hydrogen-bond acceptors (Lipinski definition) is 6. The number of aliphatic hydroxyl groups excluding tert-OH is 1. The largest absolute Gasteiger partial charge is 0.492 e. The number of aliphatic hydroxyl groups is 1. The summed E-state index contributed by atoms with van der Waals surface area (Å²) in [6.45, 7) is 7.98. The molecule has 0 unspecified atom stereocenters. The second-order valence-electron chi connectivity index (χ2n) is 7.86. The Balaban J connectivity index is 1.76. The van der Waals surface area contributed by atoms with Crippen LogP contribution in [0.25, 0.3) is 4.96 Å². The minimum absolute atomic E-state index is 0.0627.